The molecule has 1 saturated heterocycles. The lowest BCUT2D eigenvalue weighted by Crippen LogP contribution is -2.19. The summed E-state index contributed by atoms with van der Waals surface area (Å²) >= 11 is 0. The number of nitrogens with one attached hydrogen (secondary N) is 1. The van der Waals surface area contributed by atoms with E-state index in [2.05, 4.69) is 5.32 Å². The lowest BCUT2D eigenvalue weighted by atomic mass is 10.1. The third kappa shape index (κ3) is 6.14. The first-order chi connectivity index (χ1) is 6.89. The minimum absolute atomic E-state index is 0.441. The maximum absolute atomic E-state index is 11.3. The molecule has 0 atom stereocenters. The predicted molar refractivity (Wildman–Crippen MR) is 59.4 cm³/mol. The van der Waals surface area contributed by atoms with Crippen LogP contribution >= 0.6 is 0 Å². The lowest BCUT2D eigenvalue weighted by Gasteiger charge is -2.02. The number of hydrogen-bond donors (Lipinski definition) is 1. The van der Waals surface area contributed by atoms with Crippen molar-refractivity contribution < 1.29 is 4.79 Å². The number of rotatable bonds is 0. The highest BCUT2D eigenvalue weighted by molar-refractivity contribution is 5.78. The van der Waals surface area contributed by atoms with Crippen LogP contribution in [-0.4, -0.2) is 18.9 Å². The van der Waals surface area contributed by atoms with E-state index in [1.165, 1.54) is 38.5 Å². The average Bonchev–Trinajstić information content (AvgIpc) is 2.20. The van der Waals surface area contributed by atoms with E-state index < -0.39 is 0 Å². The molecule has 0 radical (unpaired) electrons. The van der Waals surface area contributed by atoms with Gasteiger partial charge in [0, 0.05) is 19.4 Å². The van der Waals surface area contributed by atoms with Crippen molar-refractivity contribution in [3.63, 3.8) is 0 Å². The molecule has 0 unspecified atom stereocenters. The van der Waals surface area contributed by atoms with Crippen LogP contribution in [0.4, 0.5) is 0 Å². The molecule has 82 valence electrons. The Labute approximate surface area is 87.5 Å². The lowest BCUT2D eigenvalue weighted by molar-refractivity contribution is -0.119. The molecule has 0 aromatic heterocycles. The van der Waals surface area contributed by atoms with Crippen LogP contribution in [0.25, 0.3) is 0 Å². The van der Waals surface area contributed by atoms with Crippen molar-refractivity contribution in [2.45, 2.75) is 57.8 Å². The second-order valence-corrected chi connectivity index (χ2v) is 4.26. The zero-order chi connectivity index (χ0) is 10.1. The molecule has 2 nitrogen and oxygen atoms in total. The molecule has 0 amide bonds. The Kier molecular flexibility index (Phi) is 6.67. The SMILES string of the molecule is O=C1CCCCCCCCCNCC1. The largest absolute Gasteiger partial charge is 0.316 e. The Balaban J connectivity index is 2.15. The van der Waals surface area contributed by atoms with Gasteiger partial charge in [0.2, 0.25) is 0 Å². The molecule has 0 spiro atoms. The summed E-state index contributed by atoms with van der Waals surface area (Å²) in [6.45, 7) is 1.98. The van der Waals surface area contributed by atoms with E-state index in [-0.39, 0.29) is 0 Å². The number of carbonyl (C=O) groups is 1. The summed E-state index contributed by atoms with van der Waals surface area (Å²) in [5.74, 6) is 0.441. The van der Waals surface area contributed by atoms with E-state index in [1.54, 1.807) is 0 Å². The fourth-order valence-corrected chi connectivity index (χ4v) is 1.93. The molecule has 0 saturated carbocycles. The monoisotopic (exact) mass is 197 g/mol. The van der Waals surface area contributed by atoms with Crippen LogP contribution in [0.2, 0.25) is 0 Å². The van der Waals surface area contributed by atoms with Gasteiger partial charge in [0.15, 0.2) is 0 Å². The Morgan fingerprint density at radius 2 is 1.36 bits per heavy atom. The van der Waals surface area contributed by atoms with E-state index in [1.807, 2.05) is 0 Å². The van der Waals surface area contributed by atoms with Crippen molar-refractivity contribution in [3.05, 3.63) is 0 Å². The molecule has 14 heavy (non-hydrogen) atoms. The van der Waals surface area contributed by atoms with Gasteiger partial charge in [-0.3, -0.25) is 4.79 Å². The summed E-state index contributed by atoms with van der Waals surface area (Å²) < 4.78 is 0. The van der Waals surface area contributed by atoms with E-state index in [9.17, 15) is 4.79 Å². The fourth-order valence-electron chi connectivity index (χ4n) is 1.93. The van der Waals surface area contributed by atoms with Crippen LogP contribution in [0.15, 0.2) is 0 Å². The van der Waals surface area contributed by atoms with Crippen molar-refractivity contribution >= 4 is 5.78 Å². The smallest absolute Gasteiger partial charge is 0.134 e. The van der Waals surface area contributed by atoms with Gasteiger partial charge >= 0.3 is 0 Å². The summed E-state index contributed by atoms with van der Waals surface area (Å²) in [5, 5.41) is 3.33. The van der Waals surface area contributed by atoms with Crippen molar-refractivity contribution in [3.8, 4) is 0 Å². The van der Waals surface area contributed by atoms with Gasteiger partial charge in [-0.25, -0.2) is 0 Å². The minimum Gasteiger partial charge on any atom is -0.316 e. The van der Waals surface area contributed by atoms with E-state index in [0.29, 0.717) is 5.78 Å². The van der Waals surface area contributed by atoms with Gasteiger partial charge in [0.05, 0.1) is 0 Å². The highest BCUT2D eigenvalue weighted by Crippen LogP contribution is 2.09. The number of Topliss-reactive ketones (excluding diaryl/α,β-unsaturated/α-hetero) is 1. The van der Waals surface area contributed by atoms with Crippen molar-refractivity contribution in [1.82, 2.24) is 5.32 Å². The summed E-state index contributed by atoms with van der Waals surface area (Å²) in [7, 11) is 0. The molecule has 1 rings (SSSR count). The van der Waals surface area contributed by atoms with Crippen LogP contribution in [0.1, 0.15) is 57.8 Å². The van der Waals surface area contributed by atoms with Gasteiger partial charge in [0.1, 0.15) is 5.78 Å². The zero-order valence-corrected chi connectivity index (χ0v) is 9.19. The molecule has 0 aromatic rings. The Morgan fingerprint density at radius 3 is 2.14 bits per heavy atom. The van der Waals surface area contributed by atoms with Gasteiger partial charge in [-0.05, 0) is 19.4 Å². The average molecular weight is 197 g/mol. The highest BCUT2D eigenvalue weighted by atomic mass is 16.1. The molecule has 2 heteroatoms. The normalized spacial score (nSPS) is 23.3. The van der Waals surface area contributed by atoms with E-state index >= 15 is 0 Å². The topological polar surface area (TPSA) is 29.1 Å². The Bertz CT molecular complexity index is 140. The molecule has 1 heterocycles. The van der Waals surface area contributed by atoms with Crippen LogP contribution in [-0.2, 0) is 4.79 Å². The van der Waals surface area contributed by atoms with Crippen LogP contribution in [0, 0.1) is 0 Å². The number of hydrogen-bond acceptors (Lipinski definition) is 2. The Hall–Kier alpha value is -0.370. The van der Waals surface area contributed by atoms with Gasteiger partial charge < -0.3 is 5.32 Å². The summed E-state index contributed by atoms with van der Waals surface area (Å²) in [6.07, 6.45) is 10.6. The summed E-state index contributed by atoms with van der Waals surface area (Å²) in [5.41, 5.74) is 0. The molecule has 0 aliphatic carbocycles. The van der Waals surface area contributed by atoms with Gasteiger partial charge in [-0.2, -0.15) is 0 Å². The maximum Gasteiger partial charge on any atom is 0.134 e. The van der Waals surface area contributed by atoms with Crippen molar-refractivity contribution in [2.75, 3.05) is 13.1 Å². The molecular weight excluding hydrogens is 174 g/mol. The van der Waals surface area contributed by atoms with Gasteiger partial charge in [0.25, 0.3) is 0 Å². The van der Waals surface area contributed by atoms with Crippen molar-refractivity contribution in [2.24, 2.45) is 0 Å². The number of ketones is 1. The second-order valence-electron chi connectivity index (χ2n) is 4.26. The minimum atomic E-state index is 0.441. The summed E-state index contributed by atoms with van der Waals surface area (Å²) in [6, 6.07) is 0. The second kappa shape index (κ2) is 7.98. The van der Waals surface area contributed by atoms with Gasteiger partial charge in [-0.1, -0.05) is 32.1 Å². The fraction of sp³-hybridized carbons (Fsp3) is 0.917. The maximum atomic E-state index is 11.3. The van der Waals surface area contributed by atoms with Crippen LogP contribution < -0.4 is 5.32 Å². The third-order valence-corrected chi connectivity index (χ3v) is 2.89. The molecular formula is C12H23NO. The van der Waals surface area contributed by atoms with Gasteiger partial charge in [-0.15, -0.1) is 0 Å². The quantitative estimate of drug-likeness (QED) is 0.647. The molecule has 0 bridgehead atoms. The van der Waals surface area contributed by atoms with Crippen LogP contribution in [0.5, 0.6) is 0 Å². The van der Waals surface area contributed by atoms with Crippen molar-refractivity contribution in [1.29, 1.82) is 0 Å². The first-order valence-electron chi connectivity index (χ1n) is 6.12. The summed E-state index contributed by atoms with van der Waals surface area (Å²) in [4.78, 5) is 11.3. The first kappa shape index (κ1) is 11.7. The molecule has 1 aliphatic rings. The zero-order valence-electron chi connectivity index (χ0n) is 9.19. The first-order valence-corrected chi connectivity index (χ1v) is 6.12. The Morgan fingerprint density at radius 1 is 0.714 bits per heavy atom. The third-order valence-electron chi connectivity index (χ3n) is 2.89. The molecule has 1 aliphatic heterocycles. The molecule has 0 aromatic carbocycles. The molecule has 1 fully saturated rings. The van der Waals surface area contributed by atoms with Crippen LogP contribution in [0.3, 0.4) is 0 Å². The standard InChI is InChI=1S/C12H23NO/c14-12-8-6-4-2-1-3-5-7-10-13-11-9-12/h13H,1-11H2. The predicted octanol–water partition coefficient (Wildman–Crippen LogP) is 2.67. The van der Waals surface area contributed by atoms with E-state index in [0.717, 1.165) is 32.4 Å². The molecule has 1 N–H and O–H groups in total. The van der Waals surface area contributed by atoms with E-state index in [4.69, 9.17) is 0 Å². The number of carbonyl (C=O) groups excluding carboxylic acids is 1. The highest BCUT2D eigenvalue weighted by Gasteiger charge is 2.02.